The average molecular weight is 1320 g/mol. The van der Waals surface area contributed by atoms with E-state index in [9.17, 15) is 84.7 Å². The van der Waals surface area contributed by atoms with Gasteiger partial charge in [0.25, 0.3) is 50.6 Å². The normalized spacial score (nSPS) is 12.7. The quantitative estimate of drug-likeness (QED) is 0.0213. The van der Waals surface area contributed by atoms with Crippen LogP contribution in [0.3, 0.4) is 0 Å². The van der Waals surface area contributed by atoms with E-state index in [2.05, 4.69) is 45.9 Å². The summed E-state index contributed by atoms with van der Waals surface area (Å²) in [6, 6.07) is 21.2. The van der Waals surface area contributed by atoms with E-state index in [1.807, 2.05) is 18.2 Å². The molecule has 0 fully saturated rings. The van der Waals surface area contributed by atoms with Gasteiger partial charge < -0.3 is 36.0 Å². The van der Waals surface area contributed by atoms with E-state index in [0.717, 1.165) is 42.0 Å². The lowest BCUT2D eigenvalue weighted by Crippen LogP contribution is -2.49. The van der Waals surface area contributed by atoms with Gasteiger partial charge in [-0.25, -0.2) is 4.98 Å². The van der Waals surface area contributed by atoms with Gasteiger partial charge in [0, 0.05) is 69.7 Å². The third-order valence-corrected chi connectivity index (χ3v) is 17.4. The molecule has 0 unspecified atom stereocenters. The fourth-order valence-electron chi connectivity index (χ4n) is 8.96. The number of ketones is 1. The first kappa shape index (κ1) is 69.5. The monoisotopic (exact) mass is 1320 g/mol. The molecule has 0 aliphatic carbocycles. The van der Waals surface area contributed by atoms with Crippen molar-refractivity contribution in [3.8, 4) is 0 Å². The van der Waals surface area contributed by atoms with Crippen LogP contribution in [0.15, 0.2) is 106 Å². The molecule has 2 heterocycles. The Balaban J connectivity index is 1.31. The zero-order valence-electron chi connectivity index (χ0n) is 47.7. The lowest BCUT2D eigenvalue weighted by Gasteiger charge is -2.26. The Morgan fingerprint density at radius 1 is 0.523 bits per heavy atom. The van der Waals surface area contributed by atoms with Crippen molar-refractivity contribution in [3.05, 3.63) is 125 Å². The van der Waals surface area contributed by atoms with Crippen molar-refractivity contribution in [1.29, 1.82) is 0 Å². The van der Waals surface area contributed by atoms with E-state index < -0.39 is 107 Å². The Kier molecular flexibility index (Phi) is 22.7. The first-order valence-corrected chi connectivity index (χ1v) is 33.9. The number of amides is 1. The third-order valence-electron chi connectivity index (χ3n) is 12.5. The van der Waals surface area contributed by atoms with Gasteiger partial charge in [0.1, 0.15) is 27.2 Å². The predicted octanol–water partition coefficient (Wildman–Crippen LogP) is 3.67. The largest absolute Gasteiger partial charge is 0.395 e. The number of aromatic nitrogens is 6. The van der Waals surface area contributed by atoms with Crippen LogP contribution in [0.1, 0.15) is 80.9 Å². The second-order valence-electron chi connectivity index (χ2n) is 21.4. The van der Waals surface area contributed by atoms with Crippen molar-refractivity contribution >= 4 is 110 Å². The minimum Gasteiger partial charge on any atom is -0.395 e. The van der Waals surface area contributed by atoms with Gasteiger partial charge in [-0.2, -0.15) is 67.0 Å². The van der Waals surface area contributed by atoms with E-state index in [-0.39, 0.29) is 128 Å². The summed E-state index contributed by atoms with van der Waals surface area (Å²) in [5.74, 6) is -2.84. The molecule has 0 saturated carbocycles. The minimum atomic E-state index is -5.11. The van der Waals surface area contributed by atoms with Crippen molar-refractivity contribution in [2.75, 3.05) is 71.3 Å². The molecule has 6 aromatic rings. The zero-order valence-corrected chi connectivity index (χ0v) is 51.7. The van der Waals surface area contributed by atoms with Gasteiger partial charge in [-0.05, 0) is 84.0 Å². The van der Waals surface area contributed by atoms with Gasteiger partial charge in [0.05, 0.1) is 35.2 Å². The van der Waals surface area contributed by atoms with Gasteiger partial charge in [-0.1, -0.05) is 74.5 Å². The molecule has 0 radical (unpaired) electrons. The number of hydrogen-bond acceptors (Lipinski definition) is 24. The number of carbonyl (C=O) groups is 2. The molecule has 476 valence electrons. The maximum absolute atomic E-state index is 13.1. The number of benzene rings is 4. The van der Waals surface area contributed by atoms with Crippen LogP contribution >= 0.6 is 0 Å². The number of nitrogens with one attached hydrogen (secondary N) is 3. The van der Waals surface area contributed by atoms with Crippen molar-refractivity contribution in [1.82, 2.24) is 35.2 Å². The third kappa shape index (κ3) is 22.2. The number of nitrogens with zero attached hydrogens (tertiary/aromatic N) is 8. The molecule has 0 bridgehead atoms. The summed E-state index contributed by atoms with van der Waals surface area (Å²) in [5, 5.41) is 28.2. The van der Waals surface area contributed by atoms with E-state index in [4.69, 9.17) is 0 Å². The van der Waals surface area contributed by atoms with Crippen molar-refractivity contribution in [2.24, 2.45) is 5.41 Å². The van der Waals surface area contributed by atoms with Gasteiger partial charge in [0.2, 0.25) is 29.7 Å². The van der Waals surface area contributed by atoms with Crippen LogP contribution in [0, 0.1) is 5.41 Å². The molecule has 1 amide bonds. The van der Waals surface area contributed by atoms with Crippen molar-refractivity contribution in [2.45, 2.75) is 80.0 Å². The SMILES string of the molecule is CC(C)(CC(=O)CCN(CCO)c1nc(Cc2ccccc2)nc(Cc2ccc(/C=C/c3ccc(Nc4nc(Nc5ccc(S(=O)(=O)O)cc5)nc(N(CCO)CCC(=O)NC(C)(C)CS(=O)(=O)O)n4)cc3S(=O)(=O)O)c(S(=O)(=O)O)c2)n1)CS(=O)(=O)O. The zero-order chi connectivity index (χ0) is 65.0. The highest BCUT2D eigenvalue weighted by molar-refractivity contribution is 7.86. The van der Waals surface area contributed by atoms with Gasteiger partial charge in [-0.15, -0.1) is 0 Å². The number of aliphatic hydroxyl groups is 2. The standard InChI is InChI=1S/C53H65N11O19S5/c1-52(2,33-84(69,70)71)32-41(67)20-22-63(24-26-65)50-57-45(29-35-8-6-5-7-9-35)56-46(58-50)30-36-10-11-37(43(28-36)87(78,79)80)12-13-38-14-15-40(31-44(38)88(81,82)83)55-49-59-48(54-39-16-18-42(19-17-39)86(75,76)77)60-51(61-49)64(25-27-66)23-21-47(68)62-53(3,4)34-85(72,73)74/h5-19,28,31,65-66H,20-27,29-30,32-34H2,1-4H3,(H,62,68)(H,69,70,71)(H,72,73,74)(H,75,76,77)(H,78,79,80)(H,81,82,83)(H2,54,55,59,60,61)/b13-12+. The number of anilines is 6. The van der Waals surface area contributed by atoms with Crippen LogP contribution in [-0.2, 0) is 73.0 Å². The van der Waals surface area contributed by atoms with Crippen molar-refractivity contribution in [3.63, 3.8) is 0 Å². The molecule has 88 heavy (non-hydrogen) atoms. The summed E-state index contributed by atoms with van der Waals surface area (Å²) < 4.78 is 171. The van der Waals surface area contributed by atoms with Gasteiger partial charge in [-0.3, -0.25) is 32.4 Å². The number of aliphatic hydroxyl groups excluding tert-OH is 2. The van der Waals surface area contributed by atoms with E-state index in [0.29, 0.717) is 0 Å². The molecule has 35 heteroatoms. The molecule has 4 aromatic carbocycles. The van der Waals surface area contributed by atoms with Gasteiger partial charge in [0.15, 0.2) is 0 Å². The molecule has 0 spiro atoms. The Morgan fingerprint density at radius 2 is 1.01 bits per heavy atom. The summed E-state index contributed by atoms with van der Waals surface area (Å²) in [4.78, 5) is 54.1. The highest BCUT2D eigenvalue weighted by atomic mass is 32.2. The molecule has 0 aliphatic heterocycles. The predicted molar refractivity (Wildman–Crippen MR) is 322 cm³/mol. The maximum Gasteiger partial charge on any atom is 0.295 e. The Labute approximate surface area is 508 Å². The maximum atomic E-state index is 13.1. The average Bonchev–Trinajstić information content (AvgIpc) is 3.03. The highest BCUT2D eigenvalue weighted by Crippen LogP contribution is 2.29. The molecule has 10 N–H and O–H groups in total. The van der Waals surface area contributed by atoms with Crippen LogP contribution in [0.25, 0.3) is 12.2 Å². The fourth-order valence-corrected chi connectivity index (χ4v) is 13.0. The Morgan fingerprint density at radius 3 is 1.53 bits per heavy atom. The molecule has 0 aliphatic rings. The highest BCUT2D eigenvalue weighted by Gasteiger charge is 2.30. The second kappa shape index (κ2) is 28.7. The Hall–Kier alpha value is -7.55. The number of Topliss-reactive ketones (excluding diaryl/α,β-unsaturated/α-hetero) is 1. The number of rotatable bonds is 32. The molecule has 0 saturated heterocycles. The van der Waals surface area contributed by atoms with E-state index >= 15 is 0 Å². The topological polar surface area (TPSA) is 466 Å². The van der Waals surface area contributed by atoms with Crippen LogP contribution in [0.2, 0.25) is 0 Å². The summed E-state index contributed by atoms with van der Waals surface area (Å²) in [6.07, 6.45) is 1.68. The summed E-state index contributed by atoms with van der Waals surface area (Å²) in [7, 11) is -23.6. The van der Waals surface area contributed by atoms with Crippen LogP contribution in [-0.4, -0.2) is 173 Å². The van der Waals surface area contributed by atoms with Crippen LogP contribution in [0.4, 0.5) is 35.2 Å². The molecule has 6 rings (SSSR count). The van der Waals surface area contributed by atoms with Gasteiger partial charge >= 0.3 is 0 Å². The van der Waals surface area contributed by atoms with Crippen molar-refractivity contribution < 1.29 is 84.7 Å². The first-order chi connectivity index (χ1) is 40.9. The summed E-state index contributed by atoms with van der Waals surface area (Å²) >= 11 is 0. The molecule has 30 nitrogen and oxygen atoms in total. The lowest BCUT2D eigenvalue weighted by molar-refractivity contribution is -0.122. The minimum absolute atomic E-state index is 0.0207. The molecule has 0 atom stereocenters. The fraction of sp³-hybridized carbons (Fsp3) is 0.358. The molecule has 2 aromatic heterocycles. The number of carbonyl (C=O) groups excluding carboxylic acids is 2. The van der Waals surface area contributed by atoms with E-state index in [1.54, 1.807) is 12.1 Å². The van der Waals surface area contributed by atoms with Crippen LogP contribution < -0.4 is 25.8 Å². The summed E-state index contributed by atoms with van der Waals surface area (Å²) in [5.41, 5.74) is -1.68. The summed E-state index contributed by atoms with van der Waals surface area (Å²) in [6.45, 7) is 4.38. The smallest absolute Gasteiger partial charge is 0.295 e. The second-order valence-corrected chi connectivity index (χ2v) is 28.5. The lowest BCUT2D eigenvalue weighted by atomic mass is 9.89. The van der Waals surface area contributed by atoms with E-state index in [1.165, 1.54) is 73.9 Å². The van der Waals surface area contributed by atoms with Crippen LogP contribution in [0.5, 0.6) is 0 Å². The molecular formula is C53H65N11O19S5. The Bertz CT molecular complexity index is 4130. The molecular weight excluding hydrogens is 1250 g/mol. The number of hydrogen-bond donors (Lipinski definition) is 10. The first-order valence-electron chi connectivity index (χ1n) is 26.4.